The number of hydrogen-bond acceptors (Lipinski definition) is 3. The molecule has 5 aromatic rings. The summed E-state index contributed by atoms with van der Waals surface area (Å²) in [6, 6.07) is 33.9. The molecule has 1 N–H and O–H groups in total. The minimum Gasteiger partial charge on any atom is -0.298 e. The number of hydrogen-bond donors (Lipinski definition) is 1. The molecule has 0 atom stereocenters. The van der Waals surface area contributed by atoms with Gasteiger partial charge < -0.3 is 0 Å². The first kappa shape index (κ1) is 18.3. The summed E-state index contributed by atoms with van der Waals surface area (Å²) in [5.41, 5.74) is 3.60. The van der Waals surface area contributed by atoms with Crippen molar-refractivity contribution in [3.8, 4) is 21.7 Å². The van der Waals surface area contributed by atoms with Gasteiger partial charge in [0.1, 0.15) is 0 Å². The lowest BCUT2D eigenvalue weighted by molar-refractivity contribution is 0.102. The van der Waals surface area contributed by atoms with Gasteiger partial charge >= 0.3 is 0 Å². The second-order valence-corrected chi connectivity index (χ2v) is 7.94. The standard InChI is InChI=1S/C26H18N2OS/c29-25(22-16-15-18-9-7-8-14-21(18)17-22)28-26-27-23(19-10-3-1-4-11-19)24(30-26)20-12-5-2-6-13-20/h1-17H,(H,27,28,29). The summed E-state index contributed by atoms with van der Waals surface area (Å²) in [4.78, 5) is 18.7. The third-order valence-corrected chi connectivity index (χ3v) is 5.96. The van der Waals surface area contributed by atoms with Gasteiger partial charge in [0, 0.05) is 11.1 Å². The van der Waals surface area contributed by atoms with Crippen LogP contribution in [0, 0.1) is 0 Å². The van der Waals surface area contributed by atoms with Crippen LogP contribution in [-0.2, 0) is 0 Å². The molecule has 0 unspecified atom stereocenters. The highest BCUT2D eigenvalue weighted by Crippen LogP contribution is 2.39. The van der Waals surface area contributed by atoms with Crippen molar-refractivity contribution in [1.29, 1.82) is 0 Å². The van der Waals surface area contributed by atoms with Gasteiger partial charge in [-0.2, -0.15) is 0 Å². The van der Waals surface area contributed by atoms with Gasteiger partial charge in [0.2, 0.25) is 0 Å². The Morgan fingerprint density at radius 3 is 2.07 bits per heavy atom. The molecule has 144 valence electrons. The van der Waals surface area contributed by atoms with E-state index in [9.17, 15) is 4.79 Å². The first-order chi connectivity index (χ1) is 14.8. The third-order valence-electron chi connectivity index (χ3n) is 4.94. The van der Waals surface area contributed by atoms with Crippen LogP contribution in [0.25, 0.3) is 32.5 Å². The van der Waals surface area contributed by atoms with Crippen molar-refractivity contribution < 1.29 is 4.79 Å². The van der Waals surface area contributed by atoms with E-state index in [1.165, 1.54) is 11.3 Å². The lowest BCUT2D eigenvalue weighted by Crippen LogP contribution is -2.11. The SMILES string of the molecule is O=C(Nc1nc(-c2ccccc2)c(-c2ccccc2)s1)c1ccc2ccccc2c1. The van der Waals surface area contributed by atoms with E-state index in [4.69, 9.17) is 4.98 Å². The maximum atomic E-state index is 12.9. The molecule has 0 saturated heterocycles. The molecule has 0 aliphatic heterocycles. The second kappa shape index (κ2) is 7.93. The van der Waals surface area contributed by atoms with Crippen molar-refractivity contribution in [2.45, 2.75) is 0 Å². The average molecular weight is 407 g/mol. The van der Waals surface area contributed by atoms with E-state index in [0.29, 0.717) is 10.7 Å². The molecular weight excluding hydrogens is 388 g/mol. The Bertz CT molecular complexity index is 1270. The Labute approximate surface area is 178 Å². The summed E-state index contributed by atoms with van der Waals surface area (Å²) in [5, 5.41) is 5.73. The molecule has 30 heavy (non-hydrogen) atoms. The number of anilines is 1. The van der Waals surface area contributed by atoms with Crippen LogP contribution in [0.2, 0.25) is 0 Å². The van der Waals surface area contributed by atoms with Gasteiger partial charge in [-0.05, 0) is 28.5 Å². The van der Waals surface area contributed by atoms with E-state index in [2.05, 4.69) is 17.4 Å². The number of nitrogens with zero attached hydrogens (tertiary/aromatic N) is 1. The zero-order chi connectivity index (χ0) is 20.3. The van der Waals surface area contributed by atoms with Crippen LogP contribution in [0.15, 0.2) is 103 Å². The summed E-state index contributed by atoms with van der Waals surface area (Å²) in [5.74, 6) is -0.159. The fourth-order valence-electron chi connectivity index (χ4n) is 3.45. The smallest absolute Gasteiger partial charge is 0.257 e. The lowest BCUT2D eigenvalue weighted by Gasteiger charge is -2.03. The minimum absolute atomic E-state index is 0.159. The molecule has 0 aliphatic rings. The van der Waals surface area contributed by atoms with E-state index >= 15 is 0 Å². The summed E-state index contributed by atoms with van der Waals surface area (Å²) in [6.45, 7) is 0. The first-order valence-corrected chi connectivity index (χ1v) is 10.5. The highest BCUT2D eigenvalue weighted by Gasteiger charge is 2.17. The Morgan fingerprint density at radius 1 is 0.700 bits per heavy atom. The second-order valence-electron chi connectivity index (χ2n) is 6.94. The van der Waals surface area contributed by atoms with Gasteiger partial charge in [-0.1, -0.05) is 102 Å². The number of fused-ring (bicyclic) bond motifs is 1. The van der Waals surface area contributed by atoms with Crippen molar-refractivity contribution in [3.63, 3.8) is 0 Å². The molecule has 5 rings (SSSR count). The minimum atomic E-state index is -0.159. The van der Waals surface area contributed by atoms with Crippen molar-refractivity contribution >= 4 is 33.1 Å². The van der Waals surface area contributed by atoms with Gasteiger partial charge in [-0.15, -0.1) is 0 Å². The molecule has 3 nitrogen and oxygen atoms in total. The molecule has 4 heteroatoms. The van der Waals surface area contributed by atoms with E-state index in [-0.39, 0.29) is 5.91 Å². The van der Waals surface area contributed by atoms with E-state index in [0.717, 1.165) is 32.5 Å². The van der Waals surface area contributed by atoms with Gasteiger partial charge in [0.25, 0.3) is 5.91 Å². The van der Waals surface area contributed by atoms with Crippen LogP contribution in [0.5, 0.6) is 0 Å². The van der Waals surface area contributed by atoms with Crippen LogP contribution in [0.3, 0.4) is 0 Å². The summed E-state index contributed by atoms with van der Waals surface area (Å²) in [6.07, 6.45) is 0. The molecule has 0 aliphatic carbocycles. The number of aromatic nitrogens is 1. The van der Waals surface area contributed by atoms with Crippen molar-refractivity contribution in [2.24, 2.45) is 0 Å². The maximum Gasteiger partial charge on any atom is 0.257 e. The maximum absolute atomic E-state index is 12.9. The number of thiazole rings is 1. The Hall–Kier alpha value is -3.76. The Kier molecular flexibility index (Phi) is 4.83. The zero-order valence-electron chi connectivity index (χ0n) is 16.1. The van der Waals surface area contributed by atoms with Crippen LogP contribution >= 0.6 is 11.3 Å². The predicted octanol–water partition coefficient (Wildman–Crippen LogP) is 6.88. The fraction of sp³-hybridized carbons (Fsp3) is 0. The number of nitrogens with one attached hydrogen (secondary N) is 1. The van der Waals surface area contributed by atoms with Gasteiger partial charge in [-0.25, -0.2) is 4.98 Å². The molecular formula is C26H18N2OS. The van der Waals surface area contributed by atoms with Crippen molar-refractivity contribution in [2.75, 3.05) is 5.32 Å². The first-order valence-electron chi connectivity index (χ1n) is 9.70. The summed E-state index contributed by atoms with van der Waals surface area (Å²) < 4.78 is 0. The summed E-state index contributed by atoms with van der Waals surface area (Å²) in [7, 11) is 0. The van der Waals surface area contributed by atoms with E-state index in [1.54, 1.807) is 0 Å². The molecule has 1 amide bonds. The van der Waals surface area contributed by atoms with Crippen LogP contribution in [0.4, 0.5) is 5.13 Å². The molecule has 0 spiro atoms. The number of benzene rings is 4. The normalized spacial score (nSPS) is 10.8. The van der Waals surface area contributed by atoms with E-state index in [1.807, 2.05) is 91.0 Å². The quantitative estimate of drug-likeness (QED) is 0.353. The Balaban J connectivity index is 1.51. The van der Waals surface area contributed by atoms with Crippen molar-refractivity contribution in [3.05, 3.63) is 109 Å². The predicted molar refractivity (Wildman–Crippen MR) is 125 cm³/mol. The van der Waals surface area contributed by atoms with Crippen molar-refractivity contribution in [1.82, 2.24) is 4.98 Å². The fourth-order valence-corrected chi connectivity index (χ4v) is 4.44. The largest absolute Gasteiger partial charge is 0.298 e. The highest BCUT2D eigenvalue weighted by atomic mass is 32.1. The number of amides is 1. The van der Waals surface area contributed by atoms with Gasteiger partial charge in [-0.3, -0.25) is 10.1 Å². The molecule has 0 fully saturated rings. The van der Waals surface area contributed by atoms with Crippen LogP contribution in [0.1, 0.15) is 10.4 Å². The third kappa shape index (κ3) is 3.61. The number of rotatable bonds is 4. The van der Waals surface area contributed by atoms with Crippen LogP contribution < -0.4 is 5.32 Å². The molecule has 0 radical (unpaired) electrons. The molecule has 4 aromatic carbocycles. The van der Waals surface area contributed by atoms with Gasteiger partial charge in [0.05, 0.1) is 10.6 Å². The van der Waals surface area contributed by atoms with E-state index < -0.39 is 0 Å². The monoisotopic (exact) mass is 406 g/mol. The number of carbonyl (C=O) groups excluding carboxylic acids is 1. The van der Waals surface area contributed by atoms with Gasteiger partial charge in [0.15, 0.2) is 5.13 Å². The molecule has 0 saturated carbocycles. The van der Waals surface area contributed by atoms with Crippen LogP contribution in [-0.4, -0.2) is 10.9 Å². The topological polar surface area (TPSA) is 42.0 Å². The molecule has 1 heterocycles. The summed E-state index contributed by atoms with van der Waals surface area (Å²) >= 11 is 1.49. The number of carbonyl (C=O) groups is 1. The highest BCUT2D eigenvalue weighted by molar-refractivity contribution is 7.19. The molecule has 1 aromatic heterocycles. The zero-order valence-corrected chi connectivity index (χ0v) is 16.9. The molecule has 0 bridgehead atoms. The average Bonchev–Trinajstić information content (AvgIpc) is 3.23. The Morgan fingerprint density at radius 2 is 1.33 bits per heavy atom. The lowest BCUT2D eigenvalue weighted by atomic mass is 10.1.